The molecule has 0 fully saturated rings. The Bertz CT molecular complexity index is 1510. The Morgan fingerprint density at radius 1 is 0.689 bits per heavy atom. The van der Waals surface area contributed by atoms with E-state index in [-0.39, 0.29) is 38.4 Å². The molecule has 9 heteroatoms. The van der Waals surface area contributed by atoms with Crippen LogP contribution >= 0.6 is 0 Å². The third-order valence-corrected chi connectivity index (χ3v) is 7.39. The number of nitrogens with zero attached hydrogens (tertiary/aromatic N) is 1. The number of ether oxygens (including phenoxy) is 1. The van der Waals surface area contributed by atoms with Crippen molar-refractivity contribution in [1.82, 2.24) is 10.2 Å². The van der Waals surface area contributed by atoms with Crippen molar-refractivity contribution >= 4 is 23.8 Å². The zero-order chi connectivity index (χ0) is 32.0. The zero-order valence-corrected chi connectivity index (χ0v) is 25.0. The van der Waals surface area contributed by atoms with E-state index in [0.29, 0.717) is 6.42 Å². The number of hydrogen-bond acceptors (Lipinski definition) is 5. The molecule has 4 rings (SSSR count). The zero-order valence-electron chi connectivity index (χ0n) is 25.0. The topological polar surface area (TPSA) is 145 Å². The lowest BCUT2D eigenvalue weighted by molar-refractivity contribution is -0.141. The first-order valence-corrected chi connectivity index (χ1v) is 14.8. The summed E-state index contributed by atoms with van der Waals surface area (Å²) in [6.07, 6.45) is 0.108. The van der Waals surface area contributed by atoms with E-state index in [2.05, 4.69) is 5.32 Å². The van der Waals surface area contributed by atoms with E-state index in [1.807, 2.05) is 91.0 Å². The molecule has 1 atom stereocenters. The third-order valence-electron chi connectivity index (χ3n) is 7.39. The molecule has 9 nitrogen and oxygen atoms in total. The van der Waals surface area contributed by atoms with Gasteiger partial charge >= 0.3 is 6.09 Å². The van der Waals surface area contributed by atoms with Gasteiger partial charge in [-0.2, -0.15) is 0 Å². The summed E-state index contributed by atoms with van der Waals surface area (Å²) in [6, 6.07) is 34.3. The number of benzene rings is 4. The molecular formula is C36H38N4O5. The average Bonchev–Trinajstić information content (AvgIpc) is 3.05. The van der Waals surface area contributed by atoms with Crippen LogP contribution in [0, 0.1) is 0 Å². The maximum Gasteiger partial charge on any atom is 0.407 e. The molecule has 0 saturated heterocycles. The van der Waals surface area contributed by atoms with Gasteiger partial charge in [0, 0.05) is 13.1 Å². The van der Waals surface area contributed by atoms with Crippen LogP contribution in [-0.2, 0) is 38.7 Å². The number of amides is 4. The minimum absolute atomic E-state index is 0.0949. The molecule has 45 heavy (non-hydrogen) atoms. The summed E-state index contributed by atoms with van der Waals surface area (Å²) in [7, 11) is 0. The Kier molecular flexibility index (Phi) is 11.8. The van der Waals surface area contributed by atoms with Crippen LogP contribution in [0.3, 0.4) is 0 Å². The van der Waals surface area contributed by atoms with Gasteiger partial charge in [0.15, 0.2) is 0 Å². The lowest BCUT2D eigenvalue weighted by Gasteiger charge is -2.33. The van der Waals surface area contributed by atoms with Gasteiger partial charge in [0.25, 0.3) is 0 Å². The Hall–Kier alpha value is -5.44. The van der Waals surface area contributed by atoms with Crippen LogP contribution in [-0.4, -0.2) is 41.3 Å². The second-order valence-electron chi connectivity index (χ2n) is 10.7. The highest BCUT2D eigenvalue weighted by Gasteiger charge is 2.34. The fraction of sp³-hybridized carbons (Fsp3) is 0.222. The number of alkyl carbamates (subject to hydrolysis) is 1. The summed E-state index contributed by atoms with van der Waals surface area (Å²) in [4.78, 5) is 52.7. The third kappa shape index (κ3) is 9.79. The average molecular weight is 607 g/mol. The van der Waals surface area contributed by atoms with Gasteiger partial charge in [0.2, 0.25) is 17.7 Å². The number of hydrogen-bond donors (Lipinski definition) is 3. The van der Waals surface area contributed by atoms with Crippen LogP contribution in [0.5, 0.6) is 0 Å². The van der Waals surface area contributed by atoms with Gasteiger partial charge in [-0.05, 0) is 40.7 Å². The molecule has 0 spiro atoms. The van der Waals surface area contributed by atoms with Gasteiger partial charge in [-0.25, -0.2) is 4.79 Å². The Balaban J connectivity index is 1.54. The second kappa shape index (κ2) is 16.4. The van der Waals surface area contributed by atoms with Crippen molar-refractivity contribution in [3.05, 3.63) is 143 Å². The van der Waals surface area contributed by atoms with Gasteiger partial charge in [-0.15, -0.1) is 0 Å². The SMILES string of the molecule is NC(=O)Cc1ccc(CN(C(=O)C(c2ccccc2)c2ccccc2)[C@H](CCCNC(=O)OCc2ccccc2)C(N)=O)cc1. The van der Waals surface area contributed by atoms with Crippen LogP contribution in [0.25, 0.3) is 0 Å². The number of nitrogens with one attached hydrogen (secondary N) is 1. The van der Waals surface area contributed by atoms with Crippen molar-refractivity contribution in [2.75, 3.05) is 6.54 Å². The van der Waals surface area contributed by atoms with Gasteiger partial charge in [0.1, 0.15) is 12.6 Å². The fourth-order valence-electron chi connectivity index (χ4n) is 5.15. The molecule has 0 saturated carbocycles. The van der Waals surface area contributed by atoms with Crippen molar-refractivity contribution in [2.45, 2.75) is 44.4 Å². The quantitative estimate of drug-likeness (QED) is 0.171. The highest BCUT2D eigenvalue weighted by molar-refractivity contribution is 5.92. The van der Waals surface area contributed by atoms with E-state index < -0.39 is 29.9 Å². The van der Waals surface area contributed by atoms with Crippen LogP contribution in [0.2, 0.25) is 0 Å². The van der Waals surface area contributed by atoms with E-state index in [1.54, 1.807) is 24.3 Å². The van der Waals surface area contributed by atoms with Crippen molar-refractivity contribution in [3.63, 3.8) is 0 Å². The first kappa shape index (κ1) is 32.5. The molecule has 0 aromatic heterocycles. The maximum atomic E-state index is 14.5. The maximum absolute atomic E-state index is 14.5. The second-order valence-corrected chi connectivity index (χ2v) is 10.7. The number of carbonyl (C=O) groups is 4. The Morgan fingerprint density at radius 3 is 1.76 bits per heavy atom. The molecule has 4 amide bonds. The molecule has 0 bridgehead atoms. The van der Waals surface area contributed by atoms with Crippen molar-refractivity contribution < 1.29 is 23.9 Å². The molecule has 0 aliphatic heterocycles. The van der Waals surface area contributed by atoms with Crippen molar-refractivity contribution in [2.24, 2.45) is 11.5 Å². The number of carbonyl (C=O) groups excluding carboxylic acids is 4. The molecule has 0 aliphatic carbocycles. The van der Waals surface area contributed by atoms with Crippen LogP contribution in [0.4, 0.5) is 4.79 Å². The van der Waals surface area contributed by atoms with E-state index in [0.717, 1.165) is 27.8 Å². The largest absolute Gasteiger partial charge is 0.445 e. The highest BCUT2D eigenvalue weighted by Crippen LogP contribution is 2.29. The summed E-state index contributed by atoms with van der Waals surface area (Å²) in [5.41, 5.74) is 15.2. The van der Waals surface area contributed by atoms with Crippen molar-refractivity contribution in [3.8, 4) is 0 Å². The van der Waals surface area contributed by atoms with Gasteiger partial charge in [-0.3, -0.25) is 14.4 Å². The first-order valence-electron chi connectivity index (χ1n) is 14.8. The molecule has 0 heterocycles. The highest BCUT2D eigenvalue weighted by atomic mass is 16.5. The summed E-state index contributed by atoms with van der Waals surface area (Å²) in [6.45, 7) is 0.464. The summed E-state index contributed by atoms with van der Waals surface area (Å²) < 4.78 is 5.28. The molecule has 0 radical (unpaired) electrons. The van der Waals surface area contributed by atoms with E-state index >= 15 is 0 Å². The molecule has 0 aliphatic rings. The Labute approximate surface area is 263 Å². The van der Waals surface area contributed by atoms with Gasteiger partial charge in [-0.1, -0.05) is 115 Å². The predicted molar refractivity (Wildman–Crippen MR) is 171 cm³/mol. The standard InChI is InChI=1S/C36H38N4O5/c37-32(41)23-26-18-20-27(21-19-26)24-40(35(43)33(29-13-6-2-7-14-29)30-15-8-3-9-16-30)31(34(38)42)17-10-22-39-36(44)45-25-28-11-4-1-5-12-28/h1-9,11-16,18-21,31,33H,10,17,22-25H2,(H2,37,41)(H2,38,42)(H,39,44)/t31-/m1/s1. The Morgan fingerprint density at radius 2 is 1.22 bits per heavy atom. The first-order chi connectivity index (χ1) is 21.8. The van der Waals surface area contributed by atoms with E-state index in [1.165, 1.54) is 4.90 Å². The molecule has 4 aromatic rings. The van der Waals surface area contributed by atoms with Crippen molar-refractivity contribution in [1.29, 1.82) is 0 Å². The number of rotatable bonds is 15. The predicted octanol–water partition coefficient (Wildman–Crippen LogP) is 4.44. The summed E-state index contributed by atoms with van der Waals surface area (Å²) >= 11 is 0. The van der Waals surface area contributed by atoms with Gasteiger partial charge < -0.3 is 26.4 Å². The normalized spacial score (nSPS) is 11.4. The smallest absolute Gasteiger partial charge is 0.407 e. The number of primary amides is 2. The summed E-state index contributed by atoms with van der Waals surface area (Å²) in [5.74, 6) is -2.07. The molecular weight excluding hydrogens is 568 g/mol. The molecule has 232 valence electrons. The van der Waals surface area contributed by atoms with Crippen LogP contribution < -0.4 is 16.8 Å². The van der Waals surface area contributed by atoms with Crippen LogP contribution in [0.15, 0.2) is 115 Å². The fourth-order valence-corrected chi connectivity index (χ4v) is 5.15. The lowest BCUT2D eigenvalue weighted by Crippen LogP contribution is -2.49. The van der Waals surface area contributed by atoms with E-state index in [9.17, 15) is 19.2 Å². The minimum Gasteiger partial charge on any atom is -0.445 e. The monoisotopic (exact) mass is 606 g/mol. The van der Waals surface area contributed by atoms with Crippen LogP contribution in [0.1, 0.15) is 46.6 Å². The number of nitrogens with two attached hydrogens (primary N) is 2. The molecule has 0 unspecified atom stereocenters. The molecule has 5 N–H and O–H groups in total. The summed E-state index contributed by atoms with van der Waals surface area (Å²) in [5, 5.41) is 2.71. The van der Waals surface area contributed by atoms with Gasteiger partial charge in [0.05, 0.1) is 12.3 Å². The lowest BCUT2D eigenvalue weighted by atomic mass is 9.89. The van der Waals surface area contributed by atoms with E-state index in [4.69, 9.17) is 16.2 Å². The minimum atomic E-state index is -0.958. The molecule has 4 aromatic carbocycles.